The van der Waals surface area contributed by atoms with Gasteiger partial charge in [0.1, 0.15) is 5.82 Å². The van der Waals surface area contributed by atoms with Crippen molar-refractivity contribution in [2.45, 2.75) is 32.2 Å². The highest BCUT2D eigenvalue weighted by Crippen LogP contribution is 2.19. The van der Waals surface area contributed by atoms with Gasteiger partial charge in [-0.3, -0.25) is 4.79 Å². The number of ether oxygens (including phenoxy) is 1. The van der Waals surface area contributed by atoms with Gasteiger partial charge in [-0.15, -0.1) is 0 Å². The predicted molar refractivity (Wildman–Crippen MR) is 88.3 cm³/mol. The number of aliphatic hydroxyl groups is 1. The normalized spacial score (nSPS) is 12.2. The lowest BCUT2D eigenvalue weighted by molar-refractivity contribution is -0.122. The summed E-state index contributed by atoms with van der Waals surface area (Å²) in [6.07, 6.45) is 0.852. The number of aryl methyl sites for hydroxylation is 2. The lowest BCUT2D eigenvalue weighted by Crippen LogP contribution is -2.38. The first kappa shape index (κ1) is 19.0. The lowest BCUT2D eigenvalue weighted by Gasteiger charge is -2.16. The molecule has 7 nitrogen and oxygen atoms in total. The molecule has 2 aromatic rings. The van der Waals surface area contributed by atoms with Crippen LogP contribution in [0.4, 0.5) is 4.39 Å². The van der Waals surface area contributed by atoms with Crippen molar-refractivity contribution in [3.63, 3.8) is 0 Å². The van der Waals surface area contributed by atoms with E-state index in [2.05, 4.69) is 15.5 Å². The zero-order valence-electron chi connectivity index (χ0n) is 14.3. The van der Waals surface area contributed by atoms with Crippen LogP contribution in [-0.2, 0) is 16.0 Å². The van der Waals surface area contributed by atoms with Crippen LogP contribution in [0.3, 0.4) is 0 Å². The number of carbonyl (C=O) groups excluding carboxylic acids is 1. The number of hydrogen-bond acceptors (Lipinski definition) is 6. The minimum Gasteiger partial charge on any atom is -0.396 e. The third-order valence-corrected chi connectivity index (χ3v) is 3.67. The summed E-state index contributed by atoms with van der Waals surface area (Å²) >= 11 is 0. The summed E-state index contributed by atoms with van der Waals surface area (Å²) < 4.78 is 23.7. The molecular formula is C17H22FN3O4. The van der Waals surface area contributed by atoms with Crippen LogP contribution in [-0.4, -0.2) is 47.5 Å². The smallest absolute Gasteiger partial charge is 0.227 e. The molecule has 0 bridgehead atoms. The molecule has 1 heterocycles. The lowest BCUT2D eigenvalue weighted by atomic mass is 10.1. The Morgan fingerprint density at radius 1 is 1.48 bits per heavy atom. The average molecular weight is 351 g/mol. The second kappa shape index (κ2) is 9.24. The minimum absolute atomic E-state index is 0.0333. The maximum atomic E-state index is 13.6. The summed E-state index contributed by atoms with van der Waals surface area (Å²) in [5.74, 6) is 0.0522. The van der Waals surface area contributed by atoms with Crippen molar-refractivity contribution in [1.82, 2.24) is 15.5 Å². The van der Waals surface area contributed by atoms with Gasteiger partial charge in [-0.25, -0.2) is 4.39 Å². The number of rotatable bonds is 9. The fraction of sp³-hybridized carbons (Fsp3) is 0.471. The van der Waals surface area contributed by atoms with E-state index in [1.165, 1.54) is 13.2 Å². The van der Waals surface area contributed by atoms with Crippen LogP contribution in [0.25, 0.3) is 11.4 Å². The van der Waals surface area contributed by atoms with E-state index in [1.54, 1.807) is 19.1 Å². The zero-order valence-corrected chi connectivity index (χ0v) is 14.3. The van der Waals surface area contributed by atoms with Crippen molar-refractivity contribution >= 4 is 5.91 Å². The van der Waals surface area contributed by atoms with E-state index in [4.69, 9.17) is 14.4 Å². The van der Waals surface area contributed by atoms with Gasteiger partial charge in [-0.1, -0.05) is 17.3 Å². The first-order valence-electron chi connectivity index (χ1n) is 8.01. The van der Waals surface area contributed by atoms with Crippen LogP contribution in [0.15, 0.2) is 22.7 Å². The third kappa shape index (κ3) is 5.61. The van der Waals surface area contributed by atoms with Crippen molar-refractivity contribution in [2.75, 3.05) is 20.3 Å². The molecule has 2 N–H and O–H groups in total. The number of aliphatic hydroxyl groups excluding tert-OH is 1. The molecule has 0 aliphatic rings. The van der Waals surface area contributed by atoms with E-state index in [9.17, 15) is 9.18 Å². The monoisotopic (exact) mass is 351 g/mol. The number of aromatic nitrogens is 2. The highest BCUT2D eigenvalue weighted by Gasteiger charge is 2.14. The Balaban J connectivity index is 1.90. The van der Waals surface area contributed by atoms with E-state index >= 15 is 0 Å². The van der Waals surface area contributed by atoms with Crippen LogP contribution in [0, 0.1) is 12.7 Å². The van der Waals surface area contributed by atoms with Gasteiger partial charge >= 0.3 is 0 Å². The fourth-order valence-electron chi connectivity index (χ4n) is 2.28. The summed E-state index contributed by atoms with van der Waals surface area (Å²) in [6, 6.07) is 4.46. The summed E-state index contributed by atoms with van der Waals surface area (Å²) in [5.41, 5.74) is 1.06. The van der Waals surface area contributed by atoms with Crippen LogP contribution >= 0.6 is 0 Å². The Labute approximate surface area is 145 Å². The molecule has 0 saturated heterocycles. The van der Waals surface area contributed by atoms with Gasteiger partial charge in [0.25, 0.3) is 0 Å². The van der Waals surface area contributed by atoms with Crippen LogP contribution in [0.1, 0.15) is 24.3 Å². The maximum absolute atomic E-state index is 13.6. The van der Waals surface area contributed by atoms with E-state index in [0.29, 0.717) is 30.0 Å². The first-order chi connectivity index (χ1) is 12.0. The van der Waals surface area contributed by atoms with E-state index in [1.807, 2.05) is 0 Å². The predicted octanol–water partition coefficient (Wildman–Crippen LogP) is 1.63. The van der Waals surface area contributed by atoms with Crippen molar-refractivity contribution in [2.24, 2.45) is 0 Å². The Bertz CT molecular complexity index is 699. The molecule has 1 aromatic heterocycles. The van der Waals surface area contributed by atoms with Gasteiger partial charge in [-0.05, 0) is 25.0 Å². The number of hydrogen-bond donors (Lipinski definition) is 2. The molecule has 0 aliphatic carbocycles. The van der Waals surface area contributed by atoms with Crippen molar-refractivity contribution in [1.29, 1.82) is 0 Å². The number of amides is 1. The molecule has 0 saturated carbocycles. The molecule has 1 aromatic carbocycles. The maximum Gasteiger partial charge on any atom is 0.227 e. The molecule has 1 atom stereocenters. The minimum atomic E-state index is -0.337. The van der Waals surface area contributed by atoms with Gasteiger partial charge < -0.3 is 19.7 Å². The SMILES string of the molecule is COC[C@H](CCO)NC(=O)CCc1nc(-c2ccc(C)c(F)c2)no1. The highest BCUT2D eigenvalue weighted by molar-refractivity contribution is 5.76. The van der Waals surface area contributed by atoms with Crippen molar-refractivity contribution < 1.29 is 23.6 Å². The standard InChI is InChI=1S/C17H22FN3O4/c1-11-3-4-12(9-14(11)18)17-20-16(25-21-17)6-5-15(23)19-13(7-8-22)10-24-2/h3-4,9,13,22H,5-8,10H2,1-2H3,(H,19,23)/t13-/m0/s1. The molecular weight excluding hydrogens is 329 g/mol. The zero-order chi connectivity index (χ0) is 18.2. The number of nitrogens with zero attached hydrogens (tertiary/aromatic N) is 2. The third-order valence-electron chi connectivity index (χ3n) is 3.67. The van der Waals surface area contributed by atoms with Gasteiger partial charge in [0.2, 0.25) is 17.6 Å². The van der Waals surface area contributed by atoms with Crippen molar-refractivity contribution in [3.8, 4) is 11.4 Å². The largest absolute Gasteiger partial charge is 0.396 e. The molecule has 0 spiro atoms. The quantitative estimate of drug-likeness (QED) is 0.713. The number of nitrogens with one attached hydrogen (secondary N) is 1. The number of benzene rings is 1. The molecule has 0 aliphatic heterocycles. The molecule has 136 valence electrons. The number of halogens is 1. The molecule has 8 heteroatoms. The Morgan fingerprint density at radius 2 is 2.28 bits per heavy atom. The number of carbonyl (C=O) groups is 1. The molecule has 0 radical (unpaired) electrons. The molecule has 0 unspecified atom stereocenters. The molecule has 2 rings (SSSR count). The second-order valence-electron chi connectivity index (χ2n) is 5.71. The Hall–Kier alpha value is -2.32. The summed E-state index contributed by atoms with van der Waals surface area (Å²) in [5, 5.41) is 15.6. The fourth-order valence-corrected chi connectivity index (χ4v) is 2.28. The second-order valence-corrected chi connectivity index (χ2v) is 5.71. The van der Waals surface area contributed by atoms with Gasteiger partial charge in [0.05, 0.1) is 12.6 Å². The Morgan fingerprint density at radius 3 is 2.96 bits per heavy atom. The summed E-state index contributed by atoms with van der Waals surface area (Å²) in [6.45, 7) is 1.97. The van der Waals surface area contributed by atoms with Crippen LogP contribution in [0.5, 0.6) is 0 Å². The molecule has 0 fully saturated rings. The highest BCUT2D eigenvalue weighted by atomic mass is 19.1. The average Bonchev–Trinajstić information content (AvgIpc) is 3.05. The van der Waals surface area contributed by atoms with Gasteiger partial charge in [-0.2, -0.15) is 4.98 Å². The van der Waals surface area contributed by atoms with Crippen molar-refractivity contribution in [3.05, 3.63) is 35.5 Å². The topological polar surface area (TPSA) is 97.5 Å². The first-order valence-corrected chi connectivity index (χ1v) is 8.01. The number of methoxy groups -OCH3 is 1. The van der Waals surface area contributed by atoms with Crippen LogP contribution in [0.2, 0.25) is 0 Å². The summed E-state index contributed by atoms with van der Waals surface area (Å²) in [7, 11) is 1.53. The van der Waals surface area contributed by atoms with E-state index in [0.717, 1.165) is 0 Å². The Kier molecular flexibility index (Phi) is 7.03. The summed E-state index contributed by atoms with van der Waals surface area (Å²) in [4.78, 5) is 16.1. The molecule has 1 amide bonds. The van der Waals surface area contributed by atoms with E-state index in [-0.39, 0.29) is 43.0 Å². The molecule has 25 heavy (non-hydrogen) atoms. The van der Waals surface area contributed by atoms with Gasteiger partial charge in [0, 0.05) is 32.1 Å². The van der Waals surface area contributed by atoms with E-state index < -0.39 is 0 Å². The van der Waals surface area contributed by atoms with Gasteiger partial charge in [0.15, 0.2) is 0 Å². The van der Waals surface area contributed by atoms with Crippen LogP contribution < -0.4 is 5.32 Å².